The number of aromatic nitrogens is 2. The van der Waals surface area contributed by atoms with Crippen LogP contribution in [0, 0.1) is 6.92 Å². The van der Waals surface area contributed by atoms with Crippen LogP contribution in [0.1, 0.15) is 32.4 Å². The van der Waals surface area contributed by atoms with Gasteiger partial charge in [0.15, 0.2) is 0 Å². The number of hydrogen-bond donors (Lipinski definition) is 1. The number of piperidine rings is 1. The highest BCUT2D eigenvalue weighted by Crippen LogP contribution is 2.23. The first kappa shape index (κ1) is 13.1. The van der Waals surface area contributed by atoms with Crippen molar-refractivity contribution < 1.29 is 4.79 Å². The van der Waals surface area contributed by atoms with Gasteiger partial charge >= 0.3 is 0 Å². The SMILES string of the molecule is Cc1nn(C)cc1N1CCCC(NC(C)C)C1=O. The molecule has 1 aromatic rings. The van der Waals surface area contributed by atoms with Gasteiger partial charge in [0.2, 0.25) is 5.91 Å². The minimum Gasteiger partial charge on any atom is -0.308 e. The summed E-state index contributed by atoms with van der Waals surface area (Å²) in [7, 11) is 1.88. The molecule has 18 heavy (non-hydrogen) atoms. The van der Waals surface area contributed by atoms with Gasteiger partial charge in [-0.3, -0.25) is 9.48 Å². The van der Waals surface area contributed by atoms with E-state index in [1.54, 1.807) is 4.68 Å². The second-order valence-corrected chi connectivity index (χ2v) is 5.28. The maximum atomic E-state index is 12.4. The van der Waals surface area contributed by atoms with Crippen molar-refractivity contribution in [1.82, 2.24) is 15.1 Å². The predicted molar refractivity (Wildman–Crippen MR) is 71.6 cm³/mol. The maximum Gasteiger partial charge on any atom is 0.244 e. The van der Waals surface area contributed by atoms with Gasteiger partial charge in [-0.15, -0.1) is 0 Å². The molecule has 2 heterocycles. The Kier molecular flexibility index (Phi) is 3.71. The minimum atomic E-state index is -0.0571. The molecular weight excluding hydrogens is 228 g/mol. The van der Waals surface area contributed by atoms with Gasteiger partial charge in [0.1, 0.15) is 0 Å². The van der Waals surface area contributed by atoms with E-state index in [4.69, 9.17) is 0 Å². The highest BCUT2D eigenvalue weighted by Gasteiger charge is 2.31. The van der Waals surface area contributed by atoms with Crippen LogP contribution >= 0.6 is 0 Å². The number of rotatable bonds is 3. The fourth-order valence-corrected chi connectivity index (χ4v) is 2.52. The Balaban J connectivity index is 2.18. The maximum absolute atomic E-state index is 12.4. The van der Waals surface area contributed by atoms with E-state index < -0.39 is 0 Å². The molecule has 1 aliphatic heterocycles. The Morgan fingerprint density at radius 1 is 1.50 bits per heavy atom. The van der Waals surface area contributed by atoms with Crippen molar-refractivity contribution in [2.45, 2.75) is 45.7 Å². The van der Waals surface area contributed by atoms with Crippen molar-refractivity contribution in [2.24, 2.45) is 7.05 Å². The van der Waals surface area contributed by atoms with E-state index in [0.717, 1.165) is 30.8 Å². The number of anilines is 1. The van der Waals surface area contributed by atoms with Gasteiger partial charge in [-0.2, -0.15) is 5.10 Å². The summed E-state index contributed by atoms with van der Waals surface area (Å²) in [5.74, 6) is 0.172. The molecule has 2 rings (SSSR count). The van der Waals surface area contributed by atoms with Crippen LogP contribution in [0.25, 0.3) is 0 Å². The first-order chi connectivity index (χ1) is 8.49. The van der Waals surface area contributed by atoms with Crippen LogP contribution in [0.2, 0.25) is 0 Å². The molecule has 1 aliphatic rings. The predicted octanol–water partition coefficient (Wildman–Crippen LogP) is 1.22. The molecule has 0 saturated carbocycles. The van der Waals surface area contributed by atoms with Crippen molar-refractivity contribution in [1.29, 1.82) is 0 Å². The molecule has 1 fully saturated rings. The van der Waals surface area contributed by atoms with Gasteiger partial charge in [0.05, 0.1) is 17.4 Å². The molecule has 0 aromatic carbocycles. The quantitative estimate of drug-likeness (QED) is 0.877. The summed E-state index contributed by atoms with van der Waals surface area (Å²) in [4.78, 5) is 14.3. The Morgan fingerprint density at radius 2 is 2.22 bits per heavy atom. The number of amides is 1. The fraction of sp³-hybridized carbons (Fsp3) is 0.692. The first-order valence-corrected chi connectivity index (χ1v) is 6.56. The average Bonchev–Trinajstić information content (AvgIpc) is 2.60. The van der Waals surface area contributed by atoms with Crippen molar-refractivity contribution >= 4 is 11.6 Å². The summed E-state index contributed by atoms with van der Waals surface area (Å²) in [5.41, 5.74) is 1.86. The number of carbonyl (C=O) groups excluding carboxylic acids is 1. The molecule has 1 unspecified atom stereocenters. The van der Waals surface area contributed by atoms with Gasteiger partial charge in [-0.25, -0.2) is 0 Å². The van der Waals surface area contributed by atoms with E-state index in [9.17, 15) is 4.79 Å². The van der Waals surface area contributed by atoms with Crippen LogP contribution in [-0.2, 0) is 11.8 Å². The summed E-state index contributed by atoms with van der Waals surface area (Å²) < 4.78 is 1.76. The number of hydrogen-bond acceptors (Lipinski definition) is 3. The van der Waals surface area contributed by atoms with E-state index in [1.165, 1.54) is 0 Å². The van der Waals surface area contributed by atoms with Crippen molar-refractivity contribution in [3.05, 3.63) is 11.9 Å². The van der Waals surface area contributed by atoms with E-state index >= 15 is 0 Å². The zero-order chi connectivity index (χ0) is 13.3. The summed E-state index contributed by atoms with van der Waals surface area (Å²) in [5, 5.41) is 7.65. The lowest BCUT2D eigenvalue weighted by atomic mass is 10.0. The molecule has 0 aliphatic carbocycles. The van der Waals surface area contributed by atoms with Crippen molar-refractivity contribution in [2.75, 3.05) is 11.4 Å². The molecule has 100 valence electrons. The lowest BCUT2D eigenvalue weighted by molar-refractivity contribution is -0.121. The number of aryl methyl sites for hydroxylation is 2. The van der Waals surface area contributed by atoms with E-state index in [1.807, 2.05) is 25.1 Å². The van der Waals surface area contributed by atoms with Crippen LogP contribution < -0.4 is 10.2 Å². The van der Waals surface area contributed by atoms with Gasteiger partial charge in [0, 0.05) is 25.8 Å². The Morgan fingerprint density at radius 3 is 2.78 bits per heavy atom. The highest BCUT2D eigenvalue weighted by molar-refractivity contribution is 5.98. The monoisotopic (exact) mass is 250 g/mol. The van der Waals surface area contributed by atoms with Crippen LogP contribution in [-0.4, -0.2) is 34.3 Å². The lowest BCUT2D eigenvalue weighted by Gasteiger charge is -2.33. The zero-order valence-corrected chi connectivity index (χ0v) is 11.6. The second-order valence-electron chi connectivity index (χ2n) is 5.28. The number of carbonyl (C=O) groups is 1. The molecule has 0 radical (unpaired) electrons. The molecule has 1 aromatic heterocycles. The third-order valence-corrected chi connectivity index (χ3v) is 3.25. The minimum absolute atomic E-state index is 0.0571. The summed E-state index contributed by atoms with van der Waals surface area (Å²) in [6.45, 7) is 6.88. The molecule has 1 atom stereocenters. The molecule has 5 heteroatoms. The smallest absolute Gasteiger partial charge is 0.244 e. The molecule has 5 nitrogen and oxygen atoms in total. The van der Waals surface area contributed by atoms with Gasteiger partial charge < -0.3 is 10.2 Å². The largest absolute Gasteiger partial charge is 0.308 e. The fourth-order valence-electron chi connectivity index (χ4n) is 2.52. The topological polar surface area (TPSA) is 50.2 Å². The summed E-state index contributed by atoms with van der Waals surface area (Å²) in [6.07, 6.45) is 3.88. The highest BCUT2D eigenvalue weighted by atomic mass is 16.2. The van der Waals surface area contributed by atoms with E-state index in [-0.39, 0.29) is 11.9 Å². The normalized spacial score (nSPS) is 20.8. The number of nitrogens with zero attached hydrogens (tertiary/aromatic N) is 3. The Labute approximate surface area is 108 Å². The van der Waals surface area contributed by atoms with Gasteiger partial charge in [0.25, 0.3) is 0 Å². The first-order valence-electron chi connectivity index (χ1n) is 6.56. The second kappa shape index (κ2) is 5.10. The Hall–Kier alpha value is -1.36. The molecule has 0 bridgehead atoms. The standard InChI is InChI=1S/C13H22N4O/c1-9(2)14-11-6-5-7-17(13(11)18)12-8-16(4)15-10(12)3/h8-9,11,14H,5-7H2,1-4H3. The van der Waals surface area contributed by atoms with Crippen LogP contribution in [0.15, 0.2) is 6.20 Å². The molecular formula is C13H22N4O. The van der Waals surface area contributed by atoms with Crippen LogP contribution in [0.4, 0.5) is 5.69 Å². The summed E-state index contributed by atoms with van der Waals surface area (Å²) >= 11 is 0. The van der Waals surface area contributed by atoms with Gasteiger partial charge in [-0.1, -0.05) is 13.8 Å². The third-order valence-electron chi connectivity index (χ3n) is 3.25. The van der Waals surface area contributed by atoms with Crippen LogP contribution in [0.3, 0.4) is 0 Å². The van der Waals surface area contributed by atoms with Gasteiger partial charge in [-0.05, 0) is 19.8 Å². The average molecular weight is 250 g/mol. The molecule has 0 spiro atoms. The van der Waals surface area contributed by atoms with Crippen molar-refractivity contribution in [3.63, 3.8) is 0 Å². The number of nitrogens with one attached hydrogen (secondary N) is 1. The molecule has 1 amide bonds. The van der Waals surface area contributed by atoms with Crippen molar-refractivity contribution in [3.8, 4) is 0 Å². The lowest BCUT2D eigenvalue weighted by Crippen LogP contribution is -2.52. The Bertz CT molecular complexity index is 438. The molecule has 1 saturated heterocycles. The summed E-state index contributed by atoms with van der Waals surface area (Å²) in [6, 6.07) is 0.271. The van der Waals surface area contributed by atoms with E-state index in [0.29, 0.717) is 6.04 Å². The van der Waals surface area contributed by atoms with Crippen LogP contribution in [0.5, 0.6) is 0 Å². The zero-order valence-electron chi connectivity index (χ0n) is 11.6. The third kappa shape index (κ3) is 2.56. The van der Waals surface area contributed by atoms with E-state index in [2.05, 4.69) is 24.3 Å². The molecule has 1 N–H and O–H groups in total.